The summed E-state index contributed by atoms with van der Waals surface area (Å²) in [5, 5.41) is 5.49. The van der Waals surface area contributed by atoms with Gasteiger partial charge >= 0.3 is 0 Å². The van der Waals surface area contributed by atoms with E-state index in [1.54, 1.807) is 18.2 Å². The van der Waals surface area contributed by atoms with Gasteiger partial charge in [-0.2, -0.15) is 5.10 Å². The smallest absolute Gasteiger partial charge is 0.227 e. The average Bonchev–Trinajstić information content (AvgIpc) is 3.25. The zero-order valence-corrected chi connectivity index (χ0v) is 25.3. The molecule has 0 saturated carbocycles. The van der Waals surface area contributed by atoms with E-state index in [9.17, 15) is 4.79 Å². The van der Waals surface area contributed by atoms with Crippen LogP contribution in [0.25, 0.3) is 11.1 Å². The van der Waals surface area contributed by atoms with Crippen LogP contribution >= 0.6 is 23.2 Å². The molecule has 0 fully saturated rings. The number of hydrogen-bond acceptors (Lipinski definition) is 3. The van der Waals surface area contributed by atoms with Crippen molar-refractivity contribution in [3.05, 3.63) is 75.5 Å². The molecule has 2 atom stereocenters. The van der Waals surface area contributed by atoms with E-state index in [1.807, 2.05) is 29.0 Å². The normalized spacial score (nSPS) is 18.1. The van der Waals surface area contributed by atoms with Gasteiger partial charge < -0.3 is 9.33 Å². The van der Waals surface area contributed by atoms with Crippen LogP contribution in [-0.2, 0) is 29.1 Å². The second kappa shape index (κ2) is 10.6. The van der Waals surface area contributed by atoms with Crippen LogP contribution in [0.15, 0.2) is 48.8 Å². The minimum absolute atomic E-state index is 0.00348. The Labute approximate surface area is 231 Å². The van der Waals surface area contributed by atoms with E-state index < -0.39 is 8.32 Å². The van der Waals surface area contributed by atoms with E-state index in [0.29, 0.717) is 28.6 Å². The molecule has 0 N–H and O–H groups in total. The van der Waals surface area contributed by atoms with E-state index in [-0.39, 0.29) is 29.4 Å². The van der Waals surface area contributed by atoms with Gasteiger partial charge in [0.05, 0.1) is 31.3 Å². The largest absolute Gasteiger partial charge is 0.415 e. The fourth-order valence-electron chi connectivity index (χ4n) is 4.88. The zero-order valence-electron chi connectivity index (χ0n) is 22.8. The summed E-state index contributed by atoms with van der Waals surface area (Å²) < 4.78 is 8.52. The molecule has 0 unspecified atom stereocenters. The van der Waals surface area contributed by atoms with Crippen molar-refractivity contribution in [3.8, 4) is 11.1 Å². The molecule has 2 aromatic carbocycles. The van der Waals surface area contributed by atoms with Crippen LogP contribution in [0.1, 0.15) is 50.4 Å². The van der Waals surface area contributed by atoms with Crippen molar-refractivity contribution < 1.29 is 9.22 Å². The van der Waals surface area contributed by atoms with Gasteiger partial charge in [0.25, 0.3) is 0 Å². The lowest BCUT2D eigenvalue weighted by Gasteiger charge is -2.45. The molecule has 1 aliphatic rings. The summed E-state index contributed by atoms with van der Waals surface area (Å²) in [6.07, 6.45) is 4.80. The van der Waals surface area contributed by atoms with Crippen molar-refractivity contribution in [2.45, 2.75) is 70.8 Å². The lowest BCUT2D eigenvalue weighted by molar-refractivity contribution is -0.137. The highest BCUT2D eigenvalue weighted by atomic mass is 35.5. The van der Waals surface area contributed by atoms with Crippen LogP contribution in [0.5, 0.6) is 0 Å². The first kappa shape index (κ1) is 27.9. The van der Waals surface area contributed by atoms with Crippen molar-refractivity contribution >= 4 is 37.4 Å². The molecule has 1 amide bonds. The monoisotopic (exact) mass is 557 g/mol. The second-order valence-corrected chi connectivity index (χ2v) is 17.2. The van der Waals surface area contributed by atoms with Crippen molar-refractivity contribution in [3.63, 3.8) is 0 Å². The first-order chi connectivity index (χ1) is 17.3. The molecule has 0 saturated heterocycles. The van der Waals surface area contributed by atoms with Crippen molar-refractivity contribution in [1.82, 2.24) is 14.7 Å². The Morgan fingerprint density at radius 1 is 1.14 bits per heavy atom. The molecule has 2 heterocycles. The SMILES string of the molecule is C[C@H]1c2cccc(-c3cnn(C)c3)c2C[C@H](CO[Si](C)(C)C(C)(C)C)N1C(=O)Cc1c(Cl)cccc1Cl. The van der Waals surface area contributed by atoms with Crippen LogP contribution in [0, 0.1) is 0 Å². The van der Waals surface area contributed by atoms with Gasteiger partial charge in [0.2, 0.25) is 5.91 Å². The molecule has 0 bridgehead atoms. The van der Waals surface area contributed by atoms with Gasteiger partial charge in [-0.25, -0.2) is 0 Å². The Balaban J connectivity index is 1.73. The molecular weight excluding hydrogens is 521 g/mol. The van der Waals surface area contributed by atoms with E-state index in [0.717, 1.165) is 16.7 Å². The Kier molecular flexibility index (Phi) is 7.97. The van der Waals surface area contributed by atoms with Gasteiger partial charge in [-0.05, 0) is 65.9 Å². The van der Waals surface area contributed by atoms with Crippen LogP contribution in [0.2, 0.25) is 28.2 Å². The molecule has 4 rings (SSSR count). The number of hydrogen-bond donors (Lipinski definition) is 0. The lowest BCUT2D eigenvalue weighted by atomic mass is 9.84. The van der Waals surface area contributed by atoms with Crippen molar-refractivity contribution in [1.29, 1.82) is 0 Å². The van der Waals surface area contributed by atoms with Gasteiger partial charge in [0.15, 0.2) is 8.32 Å². The van der Waals surface area contributed by atoms with Gasteiger partial charge in [-0.3, -0.25) is 9.48 Å². The molecular formula is C29H37Cl2N3O2Si. The van der Waals surface area contributed by atoms with E-state index >= 15 is 0 Å². The van der Waals surface area contributed by atoms with Gasteiger partial charge in [0, 0.05) is 28.9 Å². The highest BCUT2D eigenvalue weighted by Gasteiger charge is 2.41. The van der Waals surface area contributed by atoms with E-state index in [4.69, 9.17) is 27.6 Å². The quantitative estimate of drug-likeness (QED) is 0.295. The van der Waals surface area contributed by atoms with Crippen LogP contribution in [0.3, 0.4) is 0 Å². The first-order valence-electron chi connectivity index (χ1n) is 12.8. The maximum atomic E-state index is 13.9. The number of amides is 1. The van der Waals surface area contributed by atoms with Gasteiger partial charge in [-0.1, -0.05) is 68.2 Å². The van der Waals surface area contributed by atoms with Crippen LogP contribution < -0.4 is 0 Å². The zero-order chi connectivity index (χ0) is 27.1. The summed E-state index contributed by atoms with van der Waals surface area (Å²) in [5.74, 6) is 0.00348. The molecule has 0 radical (unpaired) electrons. The van der Waals surface area contributed by atoms with Crippen LogP contribution in [0.4, 0.5) is 0 Å². The Morgan fingerprint density at radius 3 is 2.38 bits per heavy atom. The third-order valence-corrected chi connectivity index (χ3v) is 13.3. The minimum atomic E-state index is -2.03. The second-order valence-electron chi connectivity index (χ2n) is 11.6. The van der Waals surface area contributed by atoms with Crippen LogP contribution in [-0.4, -0.2) is 41.6 Å². The maximum Gasteiger partial charge on any atom is 0.227 e. The highest BCUT2D eigenvalue weighted by Crippen LogP contribution is 2.41. The number of carbonyl (C=O) groups is 1. The Morgan fingerprint density at radius 2 is 1.78 bits per heavy atom. The number of aromatic nitrogens is 2. The number of carbonyl (C=O) groups excluding carboxylic acids is 1. The molecule has 8 heteroatoms. The minimum Gasteiger partial charge on any atom is -0.415 e. The summed E-state index contributed by atoms with van der Waals surface area (Å²) in [4.78, 5) is 15.9. The molecule has 37 heavy (non-hydrogen) atoms. The van der Waals surface area contributed by atoms with E-state index in [1.165, 1.54) is 5.56 Å². The topological polar surface area (TPSA) is 47.4 Å². The Hall–Kier alpha value is -2.12. The number of nitrogens with zero attached hydrogens (tertiary/aromatic N) is 3. The number of benzene rings is 2. The summed E-state index contributed by atoms with van der Waals surface area (Å²) in [5.41, 5.74) is 5.33. The number of halogens is 2. The number of fused-ring (bicyclic) bond motifs is 1. The average molecular weight is 559 g/mol. The molecule has 5 nitrogen and oxygen atoms in total. The standard InChI is InChI=1S/C29H37Cl2N3O2Si/c1-19-22-10-8-11-23(20-16-32-33(5)17-20)24(22)14-21(18-36-37(6,7)29(2,3)4)34(19)28(35)15-25-26(30)12-9-13-27(25)31/h8-13,16-17,19,21H,14-15,18H2,1-7H3/t19-,21+/m0/s1. The third kappa shape index (κ3) is 5.68. The summed E-state index contributed by atoms with van der Waals surface area (Å²) >= 11 is 12.9. The molecule has 0 spiro atoms. The molecule has 198 valence electrons. The summed E-state index contributed by atoms with van der Waals surface area (Å²) in [6, 6.07) is 11.5. The maximum absolute atomic E-state index is 13.9. The van der Waals surface area contributed by atoms with Crippen molar-refractivity contribution in [2.24, 2.45) is 7.05 Å². The fourth-order valence-corrected chi connectivity index (χ4v) is 6.45. The summed E-state index contributed by atoms with van der Waals surface area (Å²) in [6.45, 7) is 13.8. The van der Waals surface area contributed by atoms with Gasteiger partial charge in [0.1, 0.15) is 0 Å². The van der Waals surface area contributed by atoms with E-state index in [2.05, 4.69) is 64.1 Å². The number of rotatable bonds is 6. The summed E-state index contributed by atoms with van der Waals surface area (Å²) in [7, 11) is -0.0984. The fraction of sp³-hybridized carbons (Fsp3) is 0.448. The first-order valence-corrected chi connectivity index (χ1v) is 16.5. The highest BCUT2D eigenvalue weighted by molar-refractivity contribution is 6.74. The third-order valence-electron chi connectivity index (χ3n) is 8.05. The molecule has 3 aromatic rings. The lowest BCUT2D eigenvalue weighted by Crippen LogP contribution is -2.52. The molecule has 1 aromatic heterocycles. The Bertz CT molecular complexity index is 1280. The van der Waals surface area contributed by atoms with Crippen molar-refractivity contribution in [2.75, 3.05) is 6.61 Å². The number of aryl methyl sites for hydroxylation is 1. The molecule has 0 aliphatic carbocycles. The molecule has 1 aliphatic heterocycles. The predicted octanol–water partition coefficient (Wildman–Crippen LogP) is 7.47. The predicted molar refractivity (Wildman–Crippen MR) is 155 cm³/mol. The van der Waals surface area contributed by atoms with Gasteiger partial charge in [-0.15, -0.1) is 0 Å².